The summed E-state index contributed by atoms with van der Waals surface area (Å²) in [5.41, 5.74) is 2.09. The zero-order valence-corrected chi connectivity index (χ0v) is 9.87. The van der Waals surface area contributed by atoms with Crippen molar-refractivity contribution in [3.63, 3.8) is 0 Å². The number of anilines is 1. The molecule has 0 amide bonds. The Bertz CT molecular complexity index is 528. The highest BCUT2D eigenvalue weighted by Crippen LogP contribution is 2.27. The van der Waals surface area contributed by atoms with Crippen LogP contribution in [0.25, 0.3) is 11.0 Å². The van der Waals surface area contributed by atoms with E-state index in [2.05, 4.69) is 15.0 Å². The topological polar surface area (TPSA) is 54.2 Å². The van der Waals surface area contributed by atoms with Gasteiger partial charge in [-0.25, -0.2) is 4.98 Å². The van der Waals surface area contributed by atoms with Crippen molar-refractivity contribution in [1.82, 2.24) is 14.8 Å². The molecule has 17 heavy (non-hydrogen) atoms. The summed E-state index contributed by atoms with van der Waals surface area (Å²) in [4.78, 5) is 6.64. The summed E-state index contributed by atoms with van der Waals surface area (Å²) in [6, 6.07) is 2.03. The molecular formula is C12H16N4O. The molecule has 1 saturated heterocycles. The summed E-state index contributed by atoms with van der Waals surface area (Å²) in [6.07, 6.45) is 5.22. The quantitative estimate of drug-likeness (QED) is 0.794. The molecule has 1 aliphatic heterocycles. The van der Waals surface area contributed by atoms with Crippen LogP contribution in [0.2, 0.25) is 0 Å². The number of aliphatic hydroxyl groups is 1. The van der Waals surface area contributed by atoms with E-state index in [0.29, 0.717) is 0 Å². The standard InChI is InChI=1S/C12H16N4O/c1-15-12-10(8-14-15)11(2-5-13-12)16-6-3-9(17)4-7-16/h2,5,8-9,17H,3-4,6-7H2,1H3. The molecule has 1 fully saturated rings. The fourth-order valence-electron chi connectivity index (χ4n) is 2.42. The predicted octanol–water partition coefficient (Wildman–Crippen LogP) is 0.929. The zero-order valence-electron chi connectivity index (χ0n) is 9.87. The Morgan fingerprint density at radius 2 is 2.12 bits per heavy atom. The molecule has 5 nitrogen and oxygen atoms in total. The summed E-state index contributed by atoms with van der Waals surface area (Å²) in [5, 5.41) is 14.9. The Balaban J connectivity index is 2.00. The summed E-state index contributed by atoms with van der Waals surface area (Å²) in [5.74, 6) is 0. The van der Waals surface area contributed by atoms with Crippen LogP contribution in [-0.4, -0.2) is 39.1 Å². The Labute approximate surface area is 99.7 Å². The molecule has 0 saturated carbocycles. The van der Waals surface area contributed by atoms with Crippen molar-refractivity contribution in [3.05, 3.63) is 18.5 Å². The molecule has 5 heteroatoms. The van der Waals surface area contributed by atoms with Crippen LogP contribution in [-0.2, 0) is 7.05 Å². The van der Waals surface area contributed by atoms with Gasteiger partial charge >= 0.3 is 0 Å². The lowest BCUT2D eigenvalue weighted by Crippen LogP contribution is -2.35. The maximum atomic E-state index is 9.54. The van der Waals surface area contributed by atoms with Crippen LogP contribution < -0.4 is 4.90 Å². The van der Waals surface area contributed by atoms with E-state index >= 15 is 0 Å². The van der Waals surface area contributed by atoms with E-state index in [-0.39, 0.29) is 6.10 Å². The van der Waals surface area contributed by atoms with Crippen LogP contribution in [0.5, 0.6) is 0 Å². The third-order valence-electron chi connectivity index (χ3n) is 3.42. The first-order valence-electron chi connectivity index (χ1n) is 5.95. The number of aromatic nitrogens is 3. The lowest BCUT2D eigenvalue weighted by molar-refractivity contribution is 0.145. The number of rotatable bonds is 1. The fourth-order valence-corrected chi connectivity index (χ4v) is 2.42. The van der Waals surface area contributed by atoms with Gasteiger partial charge in [-0.05, 0) is 18.9 Å². The Morgan fingerprint density at radius 1 is 1.35 bits per heavy atom. The van der Waals surface area contributed by atoms with E-state index in [1.54, 1.807) is 4.68 Å². The second kappa shape index (κ2) is 4.00. The van der Waals surface area contributed by atoms with E-state index in [1.165, 1.54) is 5.69 Å². The molecule has 0 aromatic carbocycles. The van der Waals surface area contributed by atoms with Crippen LogP contribution in [0.15, 0.2) is 18.5 Å². The second-order valence-electron chi connectivity index (χ2n) is 4.55. The SMILES string of the molecule is Cn1ncc2c(N3CCC(O)CC3)ccnc21. The maximum Gasteiger partial charge on any atom is 0.159 e. The number of hydrogen-bond acceptors (Lipinski definition) is 4. The molecule has 0 radical (unpaired) electrons. The van der Waals surface area contributed by atoms with Crippen molar-refractivity contribution < 1.29 is 5.11 Å². The van der Waals surface area contributed by atoms with Gasteiger partial charge in [0.15, 0.2) is 5.65 Å². The number of piperidine rings is 1. The maximum absolute atomic E-state index is 9.54. The first kappa shape index (κ1) is 10.5. The summed E-state index contributed by atoms with van der Waals surface area (Å²) >= 11 is 0. The summed E-state index contributed by atoms with van der Waals surface area (Å²) in [6.45, 7) is 1.80. The minimum Gasteiger partial charge on any atom is -0.393 e. The Kier molecular flexibility index (Phi) is 2.48. The van der Waals surface area contributed by atoms with E-state index in [9.17, 15) is 5.11 Å². The molecule has 2 aromatic rings. The first-order chi connectivity index (χ1) is 8.25. The number of aryl methyl sites for hydroxylation is 1. The highest BCUT2D eigenvalue weighted by atomic mass is 16.3. The average Bonchev–Trinajstić information content (AvgIpc) is 2.73. The molecule has 3 rings (SSSR count). The smallest absolute Gasteiger partial charge is 0.159 e. The fraction of sp³-hybridized carbons (Fsp3) is 0.500. The average molecular weight is 232 g/mol. The lowest BCUT2D eigenvalue weighted by Gasteiger charge is -2.31. The molecule has 1 N–H and O–H groups in total. The molecule has 0 spiro atoms. The van der Waals surface area contributed by atoms with Gasteiger partial charge in [0, 0.05) is 26.3 Å². The van der Waals surface area contributed by atoms with Crippen molar-refractivity contribution in [2.24, 2.45) is 7.05 Å². The molecule has 90 valence electrons. The van der Waals surface area contributed by atoms with Gasteiger partial charge in [0.1, 0.15) is 0 Å². The monoisotopic (exact) mass is 232 g/mol. The summed E-state index contributed by atoms with van der Waals surface area (Å²) < 4.78 is 1.79. The van der Waals surface area contributed by atoms with Gasteiger partial charge in [0.05, 0.1) is 23.4 Å². The molecule has 0 bridgehead atoms. The molecule has 2 aromatic heterocycles. The van der Waals surface area contributed by atoms with Gasteiger partial charge in [-0.1, -0.05) is 0 Å². The van der Waals surface area contributed by atoms with Crippen molar-refractivity contribution in [3.8, 4) is 0 Å². The van der Waals surface area contributed by atoms with Crippen molar-refractivity contribution in [2.45, 2.75) is 18.9 Å². The van der Waals surface area contributed by atoms with Gasteiger partial charge in [-0.3, -0.25) is 4.68 Å². The molecule has 0 aliphatic carbocycles. The third-order valence-corrected chi connectivity index (χ3v) is 3.42. The molecule has 1 aliphatic rings. The number of hydrogen-bond donors (Lipinski definition) is 1. The summed E-state index contributed by atoms with van der Waals surface area (Å²) in [7, 11) is 1.90. The van der Waals surface area contributed by atoms with E-state index in [4.69, 9.17) is 0 Å². The van der Waals surface area contributed by atoms with Crippen LogP contribution in [0, 0.1) is 0 Å². The Hall–Kier alpha value is -1.62. The van der Waals surface area contributed by atoms with Crippen LogP contribution in [0.4, 0.5) is 5.69 Å². The largest absolute Gasteiger partial charge is 0.393 e. The van der Waals surface area contributed by atoms with Crippen LogP contribution in [0.1, 0.15) is 12.8 Å². The zero-order chi connectivity index (χ0) is 11.8. The van der Waals surface area contributed by atoms with Gasteiger partial charge in [-0.2, -0.15) is 5.10 Å². The van der Waals surface area contributed by atoms with E-state index < -0.39 is 0 Å². The van der Waals surface area contributed by atoms with E-state index in [0.717, 1.165) is 37.0 Å². The minimum atomic E-state index is -0.141. The van der Waals surface area contributed by atoms with Crippen LogP contribution >= 0.6 is 0 Å². The minimum absolute atomic E-state index is 0.141. The van der Waals surface area contributed by atoms with E-state index in [1.807, 2.05) is 25.5 Å². The number of aliphatic hydroxyl groups excluding tert-OH is 1. The highest BCUT2D eigenvalue weighted by Gasteiger charge is 2.19. The number of nitrogens with zero attached hydrogens (tertiary/aromatic N) is 4. The van der Waals surface area contributed by atoms with Crippen molar-refractivity contribution >= 4 is 16.7 Å². The van der Waals surface area contributed by atoms with Crippen molar-refractivity contribution in [1.29, 1.82) is 0 Å². The van der Waals surface area contributed by atoms with Gasteiger partial charge in [0.2, 0.25) is 0 Å². The third kappa shape index (κ3) is 1.76. The Morgan fingerprint density at radius 3 is 2.88 bits per heavy atom. The lowest BCUT2D eigenvalue weighted by atomic mass is 10.1. The molecule has 0 unspecified atom stereocenters. The van der Waals surface area contributed by atoms with Crippen molar-refractivity contribution in [2.75, 3.05) is 18.0 Å². The molecule has 0 atom stereocenters. The predicted molar refractivity (Wildman–Crippen MR) is 66.0 cm³/mol. The number of pyridine rings is 1. The highest BCUT2D eigenvalue weighted by molar-refractivity contribution is 5.89. The van der Waals surface area contributed by atoms with Gasteiger partial charge in [-0.15, -0.1) is 0 Å². The molecule has 3 heterocycles. The number of fused-ring (bicyclic) bond motifs is 1. The molecular weight excluding hydrogens is 216 g/mol. The van der Waals surface area contributed by atoms with Gasteiger partial charge in [0.25, 0.3) is 0 Å². The first-order valence-corrected chi connectivity index (χ1v) is 5.95. The van der Waals surface area contributed by atoms with Crippen LogP contribution in [0.3, 0.4) is 0 Å². The normalized spacial score (nSPS) is 17.9. The second-order valence-corrected chi connectivity index (χ2v) is 4.55. The van der Waals surface area contributed by atoms with Gasteiger partial charge < -0.3 is 10.0 Å².